The van der Waals surface area contributed by atoms with Crippen LogP contribution in [0.5, 0.6) is 0 Å². The van der Waals surface area contributed by atoms with Crippen molar-refractivity contribution in [1.29, 1.82) is 0 Å². The lowest BCUT2D eigenvalue weighted by atomic mass is 9.97. The van der Waals surface area contributed by atoms with Gasteiger partial charge in [0.05, 0.1) is 0 Å². The lowest BCUT2D eigenvalue weighted by molar-refractivity contribution is 0.194. The second-order valence-corrected chi connectivity index (χ2v) is 6.54. The van der Waals surface area contributed by atoms with Crippen molar-refractivity contribution in [3.63, 3.8) is 0 Å². The molecule has 4 nitrogen and oxygen atoms in total. The topological polar surface area (TPSA) is 35.6 Å². The molecule has 0 bridgehead atoms. The highest BCUT2D eigenvalue weighted by molar-refractivity contribution is 5.74. The smallest absolute Gasteiger partial charge is 0.317 e. The van der Waals surface area contributed by atoms with E-state index in [2.05, 4.69) is 16.3 Å². The minimum Gasteiger partial charge on any atom is -0.368 e. The van der Waals surface area contributed by atoms with Crippen molar-refractivity contribution in [1.82, 2.24) is 10.2 Å². The summed E-state index contributed by atoms with van der Waals surface area (Å²) in [5, 5.41) is 3.04. The van der Waals surface area contributed by atoms with Gasteiger partial charge in [-0.1, -0.05) is 11.6 Å². The summed E-state index contributed by atoms with van der Waals surface area (Å²) in [7, 11) is 0. The van der Waals surface area contributed by atoms with Crippen LogP contribution in [0.3, 0.4) is 0 Å². The first kappa shape index (κ1) is 16.8. The zero-order chi connectivity index (χ0) is 16.8. The Morgan fingerprint density at radius 1 is 1.08 bits per heavy atom. The summed E-state index contributed by atoms with van der Waals surface area (Å²) in [6.07, 6.45) is 8.26. The van der Waals surface area contributed by atoms with Crippen molar-refractivity contribution in [3.05, 3.63) is 41.7 Å². The molecule has 0 aromatic heterocycles. The van der Waals surface area contributed by atoms with E-state index < -0.39 is 0 Å². The first-order valence-corrected chi connectivity index (χ1v) is 8.93. The number of carbonyl (C=O) groups excluding carboxylic acids is 1. The molecular formula is C19H26FN3O. The number of allylic oxidation sites excluding steroid dienone is 1. The predicted octanol–water partition coefficient (Wildman–Crippen LogP) is 3.55. The largest absolute Gasteiger partial charge is 0.368 e. The number of rotatable bonds is 4. The molecule has 2 amide bonds. The van der Waals surface area contributed by atoms with Gasteiger partial charge in [-0.3, -0.25) is 0 Å². The second kappa shape index (κ2) is 8.18. The molecule has 3 rings (SSSR count). The molecule has 0 radical (unpaired) electrons. The van der Waals surface area contributed by atoms with E-state index in [1.807, 2.05) is 4.90 Å². The third-order valence-corrected chi connectivity index (χ3v) is 4.87. The van der Waals surface area contributed by atoms with Gasteiger partial charge in [-0.25, -0.2) is 9.18 Å². The fourth-order valence-corrected chi connectivity index (χ4v) is 3.39. The van der Waals surface area contributed by atoms with Crippen LogP contribution in [0.15, 0.2) is 35.9 Å². The van der Waals surface area contributed by atoms with Crippen LogP contribution < -0.4 is 10.2 Å². The monoisotopic (exact) mass is 331 g/mol. The number of anilines is 1. The first-order valence-electron chi connectivity index (χ1n) is 8.93. The highest BCUT2D eigenvalue weighted by atomic mass is 19.1. The van der Waals surface area contributed by atoms with E-state index in [0.29, 0.717) is 13.1 Å². The van der Waals surface area contributed by atoms with Crippen LogP contribution in [0, 0.1) is 5.82 Å². The van der Waals surface area contributed by atoms with Gasteiger partial charge in [0.15, 0.2) is 0 Å². The average molecular weight is 331 g/mol. The lowest BCUT2D eigenvalue weighted by Crippen LogP contribution is -2.52. The van der Waals surface area contributed by atoms with Crippen LogP contribution in [0.4, 0.5) is 14.9 Å². The van der Waals surface area contributed by atoms with Crippen molar-refractivity contribution >= 4 is 11.7 Å². The Morgan fingerprint density at radius 3 is 2.50 bits per heavy atom. The van der Waals surface area contributed by atoms with Crippen molar-refractivity contribution in [2.75, 3.05) is 37.6 Å². The Labute approximate surface area is 143 Å². The Balaban J connectivity index is 1.40. The number of urea groups is 1. The third-order valence-electron chi connectivity index (χ3n) is 4.87. The van der Waals surface area contributed by atoms with Crippen molar-refractivity contribution in [3.8, 4) is 0 Å². The molecule has 2 aliphatic rings. The zero-order valence-electron chi connectivity index (χ0n) is 14.1. The Hall–Kier alpha value is -2.04. The zero-order valence-corrected chi connectivity index (χ0v) is 14.1. The molecule has 1 aromatic rings. The molecule has 1 aliphatic heterocycles. The molecular weight excluding hydrogens is 305 g/mol. The molecule has 1 aliphatic carbocycles. The van der Waals surface area contributed by atoms with Crippen LogP contribution in [0.2, 0.25) is 0 Å². The summed E-state index contributed by atoms with van der Waals surface area (Å²) in [5.74, 6) is -0.218. The summed E-state index contributed by atoms with van der Waals surface area (Å²) < 4.78 is 13.0. The predicted molar refractivity (Wildman–Crippen MR) is 94.8 cm³/mol. The van der Waals surface area contributed by atoms with Gasteiger partial charge in [-0.2, -0.15) is 0 Å². The summed E-state index contributed by atoms with van der Waals surface area (Å²) in [6.45, 7) is 3.69. The molecule has 130 valence electrons. The number of carbonyl (C=O) groups is 1. The Morgan fingerprint density at radius 2 is 1.83 bits per heavy atom. The summed E-state index contributed by atoms with van der Waals surface area (Å²) >= 11 is 0. The third kappa shape index (κ3) is 4.49. The molecule has 0 spiro atoms. The van der Waals surface area contributed by atoms with Gasteiger partial charge < -0.3 is 15.1 Å². The van der Waals surface area contributed by atoms with Crippen LogP contribution >= 0.6 is 0 Å². The number of amides is 2. The molecule has 0 saturated carbocycles. The molecule has 0 unspecified atom stereocenters. The maximum atomic E-state index is 13.0. The molecule has 1 heterocycles. The van der Waals surface area contributed by atoms with Crippen LogP contribution in [-0.2, 0) is 0 Å². The number of halogens is 1. The average Bonchev–Trinajstić information content (AvgIpc) is 2.63. The summed E-state index contributed by atoms with van der Waals surface area (Å²) in [5.41, 5.74) is 2.50. The Kier molecular flexibility index (Phi) is 5.72. The highest BCUT2D eigenvalue weighted by Crippen LogP contribution is 2.19. The van der Waals surface area contributed by atoms with Crippen molar-refractivity contribution < 1.29 is 9.18 Å². The van der Waals surface area contributed by atoms with E-state index in [-0.39, 0.29) is 11.8 Å². The van der Waals surface area contributed by atoms with Gasteiger partial charge in [0.25, 0.3) is 0 Å². The molecule has 0 atom stereocenters. The normalized spacial score (nSPS) is 18.3. The molecule has 24 heavy (non-hydrogen) atoms. The standard InChI is InChI=1S/C19H26FN3O/c20-17-6-8-18(9-7-17)22-12-14-23(15-13-22)19(24)21-11-10-16-4-2-1-3-5-16/h4,6-9H,1-3,5,10-15H2,(H,21,24). The van der Waals surface area contributed by atoms with E-state index in [1.54, 1.807) is 12.1 Å². The number of benzene rings is 1. The van der Waals surface area contributed by atoms with Crippen molar-refractivity contribution in [2.24, 2.45) is 0 Å². The van der Waals surface area contributed by atoms with Crippen LogP contribution in [0.1, 0.15) is 32.1 Å². The maximum Gasteiger partial charge on any atom is 0.317 e. The maximum absolute atomic E-state index is 13.0. The quantitative estimate of drug-likeness (QED) is 0.857. The van der Waals surface area contributed by atoms with Crippen LogP contribution in [0.25, 0.3) is 0 Å². The second-order valence-electron chi connectivity index (χ2n) is 6.54. The van der Waals surface area contributed by atoms with Gasteiger partial charge >= 0.3 is 6.03 Å². The van der Waals surface area contributed by atoms with E-state index in [4.69, 9.17) is 0 Å². The number of nitrogens with zero attached hydrogens (tertiary/aromatic N) is 2. The fourth-order valence-electron chi connectivity index (χ4n) is 3.39. The first-order chi connectivity index (χ1) is 11.7. The molecule has 1 saturated heterocycles. The summed E-state index contributed by atoms with van der Waals surface area (Å²) in [6, 6.07) is 6.58. The molecule has 1 fully saturated rings. The number of hydrogen-bond acceptors (Lipinski definition) is 2. The molecule has 5 heteroatoms. The van der Waals surface area contributed by atoms with Gasteiger partial charge in [-0.05, 0) is 56.4 Å². The Bertz CT molecular complexity index is 577. The van der Waals surface area contributed by atoms with Crippen LogP contribution in [-0.4, -0.2) is 43.7 Å². The molecule has 1 aromatic carbocycles. The minimum atomic E-state index is -0.218. The highest BCUT2D eigenvalue weighted by Gasteiger charge is 2.21. The number of piperazine rings is 1. The number of hydrogen-bond donors (Lipinski definition) is 1. The van der Waals surface area contributed by atoms with Gasteiger partial charge in [0.1, 0.15) is 5.82 Å². The van der Waals surface area contributed by atoms with Gasteiger partial charge in [-0.15, -0.1) is 0 Å². The molecule has 1 N–H and O–H groups in total. The number of nitrogens with one attached hydrogen (secondary N) is 1. The lowest BCUT2D eigenvalue weighted by Gasteiger charge is -2.36. The summed E-state index contributed by atoms with van der Waals surface area (Å²) in [4.78, 5) is 16.3. The van der Waals surface area contributed by atoms with Crippen molar-refractivity contribution in [2.45, 2.75) is 32.1 Å². The van der Waals surface area contributed by atoms with E-state index in [1.165, 1.54) is 43.4 Å². The van der Waals surface area contributed by atoms with E-state index in [0.717, 1.165) is 31.7 Å². The van der Waals surface area contributed by atoms with Gasteiger partial charge in [0, 0.05) is 38.4 Å². The van der Waals surface area contributed by atoms with E-state index in [9.17, 15) is 9.18 Å². The SMILES string of the molecule is O=C(NCCC1=CCCCC1)N1CCN(c2ccc(F)cc2)CC1. The van der Waals surface area contributed by atoms with E-state index >= 15 is 0 Å². The fraction of sp³-hybridized carbons (Fsp3) is 0.526. The van der Waals surface area contributed by atoms with Gasteiger partial charge in [0.2, 0.25) is 0 Å². The minimum absolute atomic E-state index is 0.0326.